The van der Waals surface area contributed by atoms with E-state index in [1.165, 1.54) is 75.0 Å². The van der Waals surface area contributed by atoms with E-state index in [0.29, 0.717) is 6.04 Å². The molecule has 2 aromatic heterocycles. The van der Waals surface area contributed by atoms with Gasteiger partial charge in [-0.05, 0) is 38.4 Å². The average Bonchev–Trinajstić information content (AvgIpc) is 3.09. The third kappa shape index (κ3) is 6.53. The maximum atomic E-state index is 4.28. The highest BCUT2D eigenvalue weighted by Gasteiger charge is 2.24. The van der Waals surface area contributed by atoms with Crippen LogP contribution in [0.4, 0.5) is 0 Å². The minimum absolute atomic E-state index is 0.632. The number of hydrogen-bond acceptors (Lipinski definition) is 4. The molecule has 5 heteroatoms. The molecule has 0 N–H and O–H groups in total. The zero-order chi connectivity index (χ0) is 21.2. The molecule has 2 saturated heterocycles. The number of likely N-dealkylation sites (tertiary alicyclic amines) is 1. The van der Waals surface area contributed by atoms with Crippen LogP contribution in [0.3, 0.4) is 0 Å². The van der Waals surface area contributed by atoms with Gasteiger partial charge in [-0.25, -0.2) is 0 Å². The van der Waals surface area contributed by atoms with E-state index in [9.17, 15) is 0 Å². The third-order valence-electron chi connectivity index (χ3n) is 5.78. The van der Waals surface area contributed by atoms with Gasteiger partial charge in [0.25, 0.3) is 0 Å². The van der Waals surface area contributed by atoms with Crippen LogP contribution in [-0.4, -0.2) is 77.2 Å². The van der Waals surface area contributed by atoms with Crippen molar-refractivity contribution in [3.05, 3.63) is 30.2 Å². The molecular formula is C24H43N5. The summed E-state index contributed by atoms with van der Waals surface area (Å²) in [5, 5.41) is 1.30. The van der Waals surface area contributed by atoms with E-state index in [4.69, 9.17) is 0 Å². The highest BCUT2D eigenvalue weighted by molar-refractivity contribution is 5.82. The highest BCUT2D eigenvalue weighted by atomic mass is 15.3. The number of rotatable bonds is 3. The number of hydrogen-bond donors (Lipinski definition) is 0. The number of fused-ring (bicyclic) bond motifs is 1. The molecule has 0 amide bonds. The summed E-state index contributed by atoms with van der Waals surface area (Å²) in [5.74, 6) is 0. The molecule has 4 heterocycles. The molecule has 0 radical (unpaired) electrons. The Hall–Kier alpha value is -1.43. The first-order chi connectivity index (χ1) is 14.1. The fraction of sp³-hybridized carbons (Fsp3) is 0.708. The molecule has 0 bridgehead atoms. The monoisotopic (exact) mass is 401 g/mol. The fourth-order valence-electron chi connectivity index (χ4n) is 4.18. The molecule has 0 spiro atoms. The van der Waals surface area contributed by atoms with Crippen molar-refractivity contribution < 1.29 is 0 Å². The first kappa shape index (κ1) is 23.8. The lowest BCUT2D eigenvalue weighted by molar-refractivity contribution is 0.0647. The molecule has 5 nitrogen and oxygen atoms in total. The summed E-state index contributed by atoms with van der Waals surface area (Å²) in [6.07, 6.45) is 10.00. The second-order valence-corrected chi connectivity index (χ2v) is 8.23. The zero-order valence-corrected chi connectivity index (χ0v) is 19.7. The first-order valence-corrected chi connectivity index (χ1v) is 11.7. The molecule has 0 aromatic carbocycles. The quantitative estimate of drug-likeness (QED) is 0.749. The normalized spacial score (nSPS) is 19.4. The van der Waals surface area contributed by atoms with Crippen LogP contribution in [0.2, 0.25) is 0 Å². The Balaban J connectivity index is 0.000000551. The van der Waals surface area contributed by atoms with Gasteiger partial charge in [-0.15, -0.1) is 0 Å². The van der Waals surface area contributed by atoms with Crippen molar-refractivity contribution >= 4 is 10.9 Å². The van der Waals surface area contributed by atoms with Crippen LogP contribution < -0.4 is 0 Å². The molecule has 29 heavy (non-hydrogen) atoms. The Morgan fingerprint density at radius 2 is 1.55 bits per heavy atom. The number of nitrogens with zero attached hydrogens (tertiary/aromatic N) is 5. The van der Waals surface area contributed by atoms with Crippen LogP contribution in [0.1, 0.15) is 58.6 Å². The highest BCUT2D eigenvalue weighted by Crippen LogP contribution is 2.29. The summed E-state index contributed by atoms with van der Waals surface area (Å²) in [4.78, 5) is 12.0. The number of pyridine rings is 1. The maximum Gasteiger partial charge on any atom is 0.0516 e. The molecule has 2 aliphatic heterocycles. The largest absolute Gasteiger partial charge is 0.344 e. The van der Waals surface area contributed by atoms with Crippen molar-refractivity contribution in [3.8, 4) is 0 Å². The lowest BCUT2D eigenvalue weighted by Crippen LogP contribution is -2.50. The van der Waals surface area contributed by atoms with Crippen molar-refractivity contribution in [1.29, 1.82) is 0 Å². The van der Waals surface area contributed by atoms with Crippen LogP contribution in [0.25, 0.3) is 10.9 Å². The summed E-state index contributed by atoms with van der Waals surface area (Å²) in [7, 11) is 2.22. The van der Waals surface area contributed by atoms with Gasteiger partial charge in [0.05, 0.1) is 12.2 Å². The van der Waals surface area contributed by atoms with E-state index in [1.54, 1.807) is 0 Å². The molecule has 4 rings (SSSR count). The Morgan fingerprint density at radius 1 is 0.966 bits per heavy atom. The van der Waals surface area contributed by atoms with Gasteiger partial charge in [0.15, 0.2) is 0 Å². The van der Waals surface area contributed by atoms with Crippen molar-refractivity contribution in [2.75, 3.05) is 53.0 Å². The van der Waals surface area contributed by atoms with E-state index in [2.05, 4.69) is 64.3 Å². The third-order valence-corrected chi connectivity index (χ3v) is 5.78. The van der Waals surface area contributed by atoms with E-state index < -0.39 is 0 Å². The molecule has 2 aromatic rings. The summed E-state index contributed by atoms with van der Waals surface area (Å²) in [6.45, 7) is 18.9. The molecule has 0 atom stereocenters. The fourth-order valence-corrected chi connectivity index (χ4v) is 4.18. The average molecular weight is 402 g/mol. The van der Waals surface area contributed by atoms with Gasteiger partial charge in [0.2, 0.25) is 0 Å². The van der Waals surface area contributed by atoms with Gasteiger partial charge in [0.1, 0.15) is 0 Å². The second kappa shape index (κ2) is 12.3. The molecule has 2 fully saturated rings. The van der Waals surface area contributed by atoms with Gasteiger partial charge in [-0.2, -0.15) is 0 Å². The smallest absolute Gasteiger partial charge is 0.0516 e. The Kier molecular flexibility index (Phi) is 10.1. The minimum atomic E-state index is 0.632. The topological polar surface area (TPSA) is 27.5 Å². The predicted molar refractivity (Wildman–Crippen MR) is 126 cm³/mol. The lowest BCUT2D eigenvalue weighted by Gasteiger charge is -2.39. The molecule has 0 aliphatic carbocycles. The van der Waals surface area contributed by atoms with Crippen molar-refractivity contribution in [2.24, 2.45) is 0 Å². The number of piperazine rings is 1. The molecule has 0 saturated carbocycles. The standard InChI is InChI=1S/C19H29N5.C3H8.C2H6/c1-16-14-24(19-3-6-20-13-18(16)19)17-4-7-22(8-5-17)15-23-11-9-21(2)10-12-23;1-3-2;1-2/h3,6,13-14,17H,4-5,7-12,15H2,1-2H3;3H2,1-2H3;1-2H3. The van der Waals surface area contributed by atoms with E-state index >= 15 is 0 Å². The molecule has 0 unspecified atom stereocenters. The van der Waals surface area contributed by atoms with Gasteiger partial charge in [-0.3, -0.25) is 14.8 Å². The van der Waals surface area contributed by atoms with Gasteiger partial charge >= 0.3 is 0 Å². The molecule has 164 valence electrons. The number of likely N-dealkylation sites (N-methyl/N-ethyl adjacent to an activating group) is 1. The SMILES string of the molecule is CC.CCC.Cc1cn(C2CCN(CN3CCN(C)CC3)CC2)c2ccncc12. The maximum absolute atomic E-state index is 4.28. The van der Waals surface area contributed by atoms with E-state index in [0.717, 1.165) is 6.67 Å². The summed E-state index contributed by atoms with van der Waals surface area (Å²) < 4.78 is 2.50. The predicted octanol–water partition coefficient (Wildman–Crippen LogP) is 4.63. The van der Waals surface area contributed by atoms with Crippen LogP contribution in [0.5, 0.6) is 0 Å². The Bertz CT molecular complexity index is 694. The molecule has 2 aliphatic rings. The van der Waals surface area contributed by atoms with Crippen molar-refractivity contribution in [3.63, 3.8) is 0 Å². The summed E-state index contributed by atoms with van der Waals surface area (Å²) in [6, 6.07) is 2.80. The Morgan fingerprint density at radius 3 is 2.17 bits per heavy atom. The number of aryl methyl sites for hydroxylation is 1. The van der Waals surface area contributed by atoms with Crippen LogP contribution in [0, 0.1) is 6.92 Å². The van der Waals surface area contributed by atoms with Gasteiger partial charge < -0.3 is 9.47 Å². The summed E-state index contributed by atoms with van der Waals surface area (Å²) in [5.41, 5.74) is 2.69. The van der Waals surface area contributed by atoms with Gasteiger partial charge in [-0.1, -0.05) is 34.1 Å². The zero-order valence-electron chi connectivity index (χ0n) is 19.7. The van der Waals surface area contributed by atoms with E-state index in [1.807, 2.05) is 26.2 Å². The molecular weight excluding hydrogens is 358 g/mol. The van der Waals surface area contributed by atoms with Crippen LogP contribution in [0.15, 0.2) is 24.7 Å². The second-order valence-electron chi connectivity index (χ2n) is 8.23. The first-order valence-electron chi connectivity index (χ1n) is 11.7. The van der Waals surface area contributed by atoms with Crippen LogP contribution >= 0.6 is 0 Å². The summed E-state index contributed by atoms with van der Waals surface area (Å²) >= 11 is 0. The Labute approximate surface area is 178 Å². The lowest BCUT2D eigenvalue weighted by atomic mass is 10.0. The van der Waals surface area contributed by atoms with E-state index in [-0.39, 0.29) is 0 Å². The van der Waals surface area contributed by atoms with Gasteiger partial charge in [0, 0.05) is 69.3 Å². The van der Waals surface area contributed by atoms with Crippen molar-refractivity contribution in [2.45, 2.75) is 59.9 Å². The number of piperidine rings is 1. The van der Waals surface area contributed by atoms with Crippen LogP contribution in [-0.2, 0) is 0 Å². The minimum Gasteiger partial charge on any atom is -0.344 e. The van der Waals surface area contributed by atoms with Crippen molar-refractivity contribution in [1.82, 2.24) is 24.3 Å². The number of aromatic nitrogens is 2.